The standard InChI is InChI=1S/C16H11NO6S/c18-15-13(11-7-3-1-4-8-11)14(12-9-5-2-6-10-12)16(19)17(15)23-24(20,21)22/h1-10H,(H,20,21,22). The number of nitrogens with zero attached hydrogens (tertiary/aromatic N) is 1. The predicted octanol–water partition coefficient (Wildman–Crippen LogP) is 1.70. The first-order valence-electron chi connectivity index (χ1n) is 6.79. The number of hydrogen-bond acceptors (Lipinski definition) is 5. The van der Waals surface area contributed by atoms with E-state index in [9.17, 15) is 18.0 Å². The fourth-order valence-corrected chi connectivity index (χ4v) is 2.74. The van der Waals surface area contributed by atoms with E-state index in [1.807, 2.05) is 0 Å². The summed E-state index contributed by atoms with van der Waals surface area (Å²) >= 11 is 0. The minimum atomic E-state index is -5.03. The summed E-state index contributed by atoms with van der Waals surface area (Å²) in [4.78, 5) is 25.0. The molecule has 2 aromatic rings. The lowest BCUT2D eigenvalue weighted by atomic mass is 9.96. The Kier molecular flexibility index (Phi) is 4.02. The number of rotatable bonds is 4. The normalized spacial score (nSPS) is 15.3. The summed E-state index contributed by atoms with van der Waals surface area (Å²) in [6.07, 6.45) is 0. The number of hydroxylamine groups is 2. The summed E-state index contributed by atoms with van der Waals surface area (Å²) in [7, 11) is -5.03. The summed E-state index contributed by atoms with van der Waals surface area (Å²) in [6, 6.07) is 16.6. The van der Waals surface area contributed by atoms with Gasteiger partial charge in [-0.05, 0) is 11.1 Å². The number of benzene rings is 2. The SMILES string of the molecule is O=C1C(c2ccccc2)=C(c2ccccc2)C(=O)N1OS(=O)(=O)O. The third-order valence-corrected chi connectivity index (χ3v) is 3.68. The maximum Gasteiger partial charge on any atom is 0.419 e. The van der Waals surface area contributed by atoms with Crippen LogP contribution in [0.15, 0.2) is 60.7 Å². The molecule has 122 valence electrons. The molecule has 0 saturated heterocycles. The molecule has 1 N–H and O–H groups in total. The molecular formula is C16H11NO6S. The van der Waals surface area contributed by atoms with Crippen LogP contribution in [0.4, 0.5) is 0 Å². The second kappa shape index (κ2) is 6.00. The maximum atomic E-state index is 12.5. The fraction of sp³-hybridized carbons (Fsp3) is 0. The molecule has 0 fully saturated rings. The van der Waals surface area contributed by atoms with Gasteiger partial charge in [-0.15, -0.1) is 9.35 Å². The maximum absolute atomic E-state index is 12.5. The van der Waals surface area contributed by atoms with Crippen molar-refractivity contribution in [3.05, 3.63) is 71.8 Å². The largest absolute Gasteiger partial charge is 0.419 e. The van der Waals surface area contributed by atoms with Crippen LogP contribution in [-0.4, -0.2) is 29.8 Å². The Labute approximate surface area is 137 Å². The average Bonchev–Trinajstić information content (AvgIpc) is 2.80. The molecule has 1 aliphatic rings. The Bertz CT molecular complexity index is 874. The molecule has 2 aromatic carbocycles. The molecule has 8 heteroatoms. The van der Waals surface area contributed by atoms with Crippen LogP contribution in [0.25, 0.3) is 11.1 Å². The Morgan fingerprint density at radius 1 is 0.750 bits per heavy atom. The van der Waals surface area contributed by atoms with E-state index in [4.69, 9.17) is 4.55 Å². The molecule has 1 aliphatic heterocycles. The Morgan fingerprint density at radius 2 is 1.12 bits per heavy atom. The van der Waals surface area contributed by atoms with Crippen molar-refractivity contribution in [1.82, 2.24) is 5.06 Å². The van der Waals surface area contributed by atoms with Crippen molar-refractivity contribution in [3.8, 4) is 0 Å². The van der Waals surface area contributed by atoms with Gasteiger partial charge in [0.25, 0.3) is 11.8 Å². The van der Waals surface area contributed by atoms with Crippen molar-refractivity contribution in [2.75, 3.05) is 0 Å². The van der Waals surface area contributed by atoms with E-state index < -0.39 is 22.2 Å². The second-order valence-corrected chi connectivity index (χ2v) is 5.89. The van der Waals surface area contributed by atoms with E-state index >= 15 is 0 Å². The third-order valence-electron chi connectivity index (χ3n) is 3.34. The molecule has 1 heterocycles. The molecule has 0 aliphatic carbocycles. The highest BCUT2D eigenvalue weighted by Crippen LogP contribution is 2.35. The molecule has 0 aromatic heterocycles. The first-order chi connectivity index (χ1) is 11.4. The van der Waals surface area contributed by atoms with Crippen LogP contribution in [0.5, 0.6) is 0 Å². The molecule has 0 bridgehead atoms. The first kappa shape index (κ1) is 16.1. The highest BCUT2D eigenvalue weighted by Gasteiger charge is 2.42. The fourth-order valence-electron chi connectivity index (χ4n) is 2.42. The van der Waals surface area contributed by atoms with Crippen molar-refractivity contribution in [2.45, 2.75) is 0 Å². The highest BCUT2D eigenvalue weighted by molar-refractivity contribution is 7.80. The van der Waals surface area contributed by atoms with Crippen molar-refractivity contribution in [3.63, 3.8) is 0 Å². The van der Waals surface area contributed by atoms with Crippen LogP contribution in [-0.2, 0) is 24.3 Å². The molecule has 7 nitrogen and oxygen atoms in total. The molecule has 0 saturated carbocycles. The monoisotopic (exact) mass is 345 g/mol. The molecule has 0 radical (unpaired) electrons. The lowest BCUT2D eigenvalue weighted by Gasteiger charge is -2.11. The number of imide groups is 1. The number of amides is 2. The van der Waals surface area contributed by atoms with Crippen molar-refractivity contribution < 1.29 is 26.8 Å². The lowest BCUT2D eigenvalue weighted by Crippen LogP contribution is -2.34. The summed E-state index contributed by atoms with van der Waals surface area (Å²) in [6.45, 7) is 0. The molecule has 0 spiro atoms. The van der Waals surface area contributed by atoms with Gasteiger partial charge in [0, 0.05) is 0 Å². The third kappa shape index (κ3) is 2.98. The minimum Gasteiger partial charge on any atom is -0.266 e. The van der Waals surface area contributed by atoms with E-state index in [2.05, 4.69) is 4.28 Å². The highest BCUT2D eigenvalue weighted by atomic mass is 32.3. The topological polar surface area (TPSA) is 101 Å². The van der Waals surface area contributed by atoms with Crippen molar-refractivity contribution in [2.24, 2.45) is 0 Å². The quantitative estimate of drug-likeness (QED) is 0.668. The summed E-state index contributed by atoms with van der Waals surface area (Å²) in [5, 5.41) is 0.0417. The van der Waals surface area contributed by atoms with E-state index in [0.29, 0.717) is 11.1 Å². The van der Waals surface area contributed by atoms with Gasteiger partial charge in [0.15, 0.2) is 0 Å². The van der Waals surface area contributed by atoms with Crippen LogP contribution in [0.3, 0.4) is 0 Å². The Morgan fingerprint density at radius 3 is 1.46 bits per heavy atom. The summed E-state index contributed by atoms with van der Waals surface area (Å²) in [5.74, 6) is -1.94. The molecule has 3 rings (SSSR count). The average molecular weight is 345 g/mol. The van der Waals surface area contributed by atoms with Gasteiger partial charge in [-0.2, -0.15) is 8.42 Å². The van der Waals surface area contributed by atoms with Crippen LogP contribution in [0, 0.1) is 0 Å². The smallest absolute Gasteiger partial charge is 0.266 e. The second-order valence-electron chi connectivity index (χ2n) is 4.89. The van der Waals surface area contributed by atoms with Gasteiger partial charge in [-0.3, -0.25) is 14.1 Å². The molecule has 0 atom stereocenters. The van der Waals surface area contributed by atoms with Crippen LogP contribution in [0.1, 0.15) is 11.1 Å². The van der Waals surface area contributed by atoms with Crippen molar-refractivity contribution in [1.29, 1.82) is 0 Å². The van der Waals surface area contributed by atoms with Crippen LogP contribution in [0.2, 0.25) is 0 Å². The predicted molar refractivity (Wildman–Crippen MR) is 84.2 cm³/mol. The number of carbonyl (C=O) groups excluding carboxylic acids is 2. The first-order valence-corrected chi connectivity index (χ1v) is 8.16. The molecular weight excluding hydrogens is 334 g/mol. The summed E-state index contributed by atoms with van der Waals surface area (Å²) in [5.41, 5.74) is 0.846. The van der Waals surface area contributed by atoms with Gasteiger partial charge < -0.3 is 0 Å². The van der Waals surface area contributed by atoms with Gasteiger partial charge in [-0.25, -0.2) is 0 Å². The van der Waals surface area contributed by atoms with Crippen molar-refractivity contribution >= 4 is 33.4 Å². The van der Waals surface area contributed by atoms with E-state index in [1.165, 1.54) is 0 Å². The molecule has 24 heavy (non-hydrogen) atoms. The van der Waals surface area contributed by atoms with E-state index in [1.54, 1.807) is 60.7 Å². The number of carbonyl (C=O) groups is 2. The zero-order chi connectivity index (χ0) is 17.3. The van der Waals surface area contributed by atoms with Crippen LogP contribution >= 0.6 is 0 Å². The number of hydrogen-bond donors (Lipinski definition) is 1. The van der Waals surface area contributed by atoms with Gasteiger partial charge in [0.05, 0.1) is 11.1 Å². The van der Waals surface area contributed by atoms with E-state index in [-0.39, 0.29) is 16.2 Å². The minimum absolute atomic E-state index is 0.00421. The summed E-state index contributed by atoms with van der Waals surface area (Å²) < 4.78 is 34.8. The molecule has 0 unspecified atom stereocenters. The van der Waals surface area contributed by atoms with Crippen LogP contribution < -0.4 is 0 Å². The van der Waals surface area contributed by atoms with E-state index in [0.717, 1.165) is 0 Å². The zero-order valence-electron chi connectivity index (χ0n) is 12.1. The lowest BCUT2D eigenvalue weighted by molar-refractivity contribution is -0.162. The van der Waals surface area contributed by atoms with Gasteiger partial charge in [0.2, 0.25) is 0 Å². The van der Waals surface area contributed by atoms with Gasteiger partial charge >= 0.3 is 10.4 Å². The van der Waals surface area contributed by atoms with Gasteiger partial charge in [0.1, 0.15) is 0 Å². The van der Waals surface area contributed by atoms with Gasteiger partial charge in [-0.1, -0.05) is 60.7 Å². The molecule has 2 amide bonds. The Hall–Kier alpha value is -2.81. The Balaban J connectivity index is 2.19. The zero-order valence-corrected chi connectivity index (χ0v) is 12.9.